The maximum Gasteiger partial charge on any atom is 0.170 e. The second kappa shape index (κ2) is 7.70. The zero-order chi connectivity index (χ0) is 14.2. The Kier molecular flexibility index (Phi) is 5.62. The standard InChI is InChI=1S/C16H21N3S/c1-14-8-7-13-19(14)12-6-5-11-17-16(20)18-15-9-3-2-4-10-15/h2-4,7-10,13H,5-6,11-12H2,1H3,(H2,17,18,20). The Hall–Kier alpha value is -1.81. The van der Waals surface area contributed by atoms with Crippen molar-refractivity contribution < 1.29 is 0 Å². The third kappa shape index (κ3) is 4.70. The quantitative estimate of drug-likeness (QED) is 0.629. The van der Waals surface area contributed by atoms with Gasteiger partial charge in [0.15, 0.2) is 5.11 Å². The van der Waals surface area contributed by atoms with E-state index in [1.165, 1.54) is 5.69 Å². The molecular formula is C16H21N3S. The van der Waals surface area contributed by atoms with Gasteiger partial charge in [-0.25, -0.2) is 0 Å². The van der Waals surface area contributed by atoms with E-state index in [1.54, 1.807) is 0 Å². The van der Waals surface area contributed by atoms with Crippen molar-refractivity contribution in [1.82, 2.24) is 9.88 Å². The second-order valence-corrected chi connectivity index (χ2v) is 5.21. The molecule has 0 bridgehead atoms. The van der Waals surface area contributed by atoms with E-state index in [-0.39, 0.29) is 0 Å². The number of nitrogens with zero attached hydrogens (tertiary/aromatic N) is 1. The van der Waals surface area contributed by atoms with Crippen LogP contribution in [0.5, 0.6) is 0 Å². The minimum absolute atomic E-state index is 0.688. The average molecular weight is 287 g/mol. The SMILES string of the molecule is Cc1cccn1CCCCNC(=S)Nc1ccccc1. The summed E-state index contributed by atoms with van der Waals surface area (Å²) in [6.07, 6.45) is 4.38. The largest absolute Gasteiger partial charge is 0.362 e. The van der Waals surface area contributed by atoms with Crippen LogP contribution in [-0.2, 0) is 6.54 Å². The molecule has 4 heteroatoms. The molecular weight excluding hydrogens is 266 g/mol. The van der Waals surface area contributed by atoms with Crippen molar-refractivity contribution >= 4 is 23.0 Å². The summed E-state index contributed by atoms with van der Waals surface area (Å²) in [5.41, 5.74) is 2.34. The lowest BCUT2D eigenvalue weighted by Crippen LogP contribution is -2.29. The lowest BCUT2D eigenvalue weighted by atomic mass is 10.3. The predicted molar refractivity (Wildman–Crippen MR) is 89.1 cm³/mol. The molecule has 0 spiro atoms. The summed E-state index contributed by atoms with van der Waals surface area (Å²) in [4.78, 5) is 0. The number of para-hydroxylation sites is 1. The molecule has 2 N–H and O–H groups in total. The van der Waals surface area contributed by atoms with Gasteiger partial charge in [0.25, 0.3) is 0 Å². The normalized spacial score (nSPS) is 10.2. The van der Waals surface area contributed by atoms with Crippen molar-refractivity contribution in [2.45, 2.75) is 26.3 Å². The number of hydrogen-bond acceptors (Lipinski definition) is 1. The highest BCUT2D eigenvalue weighted by Crippen LogP contribution is 2.05. The van der Waals surface area contributed by atoms with Gasteiger partial charge >= 0.3 is 0 Å². The fourth-order valence-electron chi connectivity index (χ4n) is 2.06. The van der Waals surface area contributed by atoms with Gasteiger partial charge in [0.1, 0.15) is 0 Å². The van der Waals surface area contributed by atoms with Crippen molar-refractivity contribution in [3.05, 3.63) is 54.4 Å². The summed E-state index contributed by atoms with van der Waals surface area (Å²) in [7, 11) is 0. The average Bonchev–Trinajstić information content (AvgIpc) is 2.85. The van der Waals surface area contributed by atoms with Crippen LogP contribution in [0, 0.1) is 6.92 Å². The smallest absolute Gasteiger partial charge is 0.170 e. The van der Waals surface area contributed by atoms with Crippen molar-refractivity contribution in [1.29, 1.82) is 0 Å². The first-order chi connectivity index (χ1) is 9.75. The van der Waals surface area contributed by atoms with E-state index in [2.05, 4.69) is 40.5 Å². The molecule has 20 heavy (non-hydrogen) atoms. The van der Waals surface area contributed by atoms with Gasteiger partial charge in [-0.1, -0.05) is 18.2 Å². The van der Waals surface area contributed by atoms with Gasteiger partial charge in [-0.2, -0.15) is 0 Å². The molecule has 0 amide bonds. The summed E-state index contributed by atoms with van der Waals surface area (Å²) in [6, 6.07) is 14.2. The zero-order valence-electron chi connectivity index (χ0n) is 11.8. The maximum atomic E-state index is 5.26. The lowest BCUT2D eigenvalue weighted by molar-refractivity contribution is 0.596. The monoisotopic (exact) mass is 287 g/mol. The van der Waals surface area contributed by atoms with Crippen molar-refractivity contribution in [3.63, 3.8) is 0 Å². The molecule has 0 saturated carbocycles. The molecule has 0 radical (unpaired) electrons. The van der Waals surface area contributed by atoms with Gasteiger partial charge in [-0.3, -0.25) is 0 Å². The molecule has 3 nitrogen and oxygen atoms in total. The highest BCUT2D eigenvalue weighted by molar-refractivity contribution is 7.80. The predicted octanol–water partition coefficient (Wildman–Crippen LogP) is 3.56. The maximum absolute atomic E-state index is 5.26. The van der Waals surface area contributed by atoms with Crippen LogP contribution < -0.4 is 10.6 Å². The van der Waals surface area contributed by atoms with Crippen molar-refractivity contribution in [3.8, 4) is 0 Å². The van der Waals surface area contributed by atoms with Crippen LogP contribution in [-0.4, -0.2) is 16.2 Å². The Morgan fingerprint density at radius 1 is 1.10 bits per heavy atom. The molecule has 0 atom stereocenters. The van der Waals surface area contributed by atoms with Gasteiger partial charge in [-0.05, 0) is 56.2 Å². The van der Waals surface area contributed by atoms with Crippen LogP contribution in [0.2, 0.25) is 0 Å². The first kappa shape index (κ1) is 14.6. The zero-order valence-corrected chi connectivity index (χ0v) is 12.6. The van der Waals surface area contributed by atoms with E-state index in [4.69, 9.17) is 12.2 Å². The molecule has 0 unspecified atom stereocenters. The molecule has 0 saturated heterocycles. The van der Waals surface area contributed by atoms with E-state index in [0.29, 0.717) is 5.11 Å². The number of hydrogen-bond donors (Lipinski definition) is 2. The van der Waals surface area contributed by atoms with E-state index >= 15 is 0 Å². The van der Waals surface area contributed by atoms with Crippen molar-refractivity contribution in [2.75, 3.05) is 11.9 Å². The number of nitrogens with one attached hydrogen (secondary N) is 2. The van der Waals surface area contributed by atoms with E-state index in [1.807, 2.05) is 30.3 Å². The van der Waals surface area contributed by atoms with E-state index < -0.39 is 0 Å². The number of unbranched alkanes of at least 4 members (excludes halogenated alkanes) is 1. The number of rotatable bonds is 6. The molecule has 0 aliphatic heterocycles. The summed E-state index contributed by atoms with van der Waals surface area (Å²) in [5, 5.41) is 7.10. The summed E-state index contributed by atoms with van der Waals surface area (Å²) in [5.74, 6) is 0. The van der Waals surface area contributed by atoms with Crippen LogP contribution in [0.25, 0.3) is 0 Å². The molecule has 0 aliphatic rings. The van der Waals surface area contributed by atoms with Crippen LogP contribution in [0.15, 0.2) is 48.7 Å². The minimum atomic E-state index is 0.688. The highest BCUT2D eigenvalue weighted by atomic mass is 32.1. The number of benzene rings is 1. The molecule has 0 aliphatic carbocycles. The molecule has 106 valence electrons. The first-order valence-corrected chi connectivity index (χ1v) is 7.38. The topological polar surface area (TPSA) is 29.0 Å². The Balaban J connectivity index is 1.59. The Labute approximate surface area is 126 Å². The number of thiocarbonyl (C=S) groups is 1. The van der Waals surface area contributed by atoms with Gasteiger partial charge in [-0.15, -0.1) is 0 Å². The van der Waals surface area contributed by atoms with Gasteiger partial charge < -0.3 is 15.2 Å². The molecule has 2 aromatic rings. The minimum Gasteiger partial charge on any atom is -0.362 e. The number of aromatic nitrogens is 1. The third-order valence-electron chi connectivity index (χ3n) is 3.20. The molecule has 0 fully saturated rings. The highest BCUT2D eigenvalue weighted by Gasteiger charge is 1.97. The fourth-order valence-corrected chi connectivity index (χ4v) is 2.28. The third-order valence-corrected chi connectivity index (χ3v) is 3.45. The van der Waals surface area contributed by atoms with Gasteiger partial charge in [0.05, 0.1) is 0 Å². The Morgan fingerprint density at radius 3 is 2.60 bits per heavy atom. The van der Waals surface area contributed by atoms with Gasteiger partial charge in [0, 0.05) is 30.7 Å². The second-order valence-electron chi connectivity index (χ2n) is 4.80. The molecule has 1 aromatic carbocycles. The molecule has 1 aromatic heterocycles. The van der Waals surface area contributed by atoms with Crippen LogP contribution in [0.1, 0.15) is 18.5 Å². The van der Waals surface area contributed by atoms with E-state index in [9.17, 15) is 0 Å². The number of anilines is 1. The van der Waals surface area contributed by atoms with Crippen molar-refractivity contribution in [2.24, 2.45) is 0 Å². The summed E-state index contributed by atoms with van der Waals surface area (Å²) >= 11 is 5.26. The van der Waals surface area contributed by atoms with Crippen LogP contribution in [0.3, 0.4) is 0 Å². The first-order valence-electron chi connectivity index (χ1n) is 6.97. The summed E-state index contributed by atoms with van der Waals surface area (Å²) < 4.78 is 2.28. The lowest BCUT2D eigenvalue weighted by Gasteiger charge is -2.11. The fraction of sp³-hybridized carbons (Fsp3) is 0.312. The van der Waals surface area contributed by atoms with Gasteiger partial charge in [0.2, 0.25) is 0 Å². The van der Waals surface area contributed by atoms with Crippen LogP contribution in [0.4, 0.5) is 5.69 Å². The van der Waals surface area contributed by atoms with Crippen LogP contribution >= 0.6 is 12.2 Å². The summed E-state index contributed by atoms with van der Waals surface area (Å²) in [6.45, 7) is 4.11. The molecule has 1 heterocycles. The Bertz CT molecular complexity index is 534. The van der Waals surface area contributed by atoms with E-state index in [0.717, 1.165) is 31.6 Å². The Morgan fingerprint density at radius 2 is 1.90 bits per heavy atom. The molecule has 2 rings (SSSR count). The number of aryl methyl sites for hydroxylation is 2.